The number of carbonyl (C=O) groups excluding carboxylic acids is 1. The van der Waals surface area contributed by atoms with E-state index in [2.05, 4.69) is 0 Å². The van der Waals surface area contributed by atoms with Crippen molar-refractivity contribution >= 4 is 38.1 Å². The molecule has 8 rings (SSSR count). The first-order valence-corrected chi connectivity index (χ1v) is 13.1. The molecule has 6 bridgehead atoms. The maximum absolute atomic E-state index is 12.5. The van der Waals surface area contributed by atoms with Crippen molar-refractivity contribution in [3.8, 4) is 22.3 Å². The summed E-state index contributed by atoms with van der Waals surface area (Å²) in [6.07, 6.45) is 4.50. The first kappa shape index (κ1) is 23.1. The van der Waals surface area contributed by atoms with E-state index in [4.69, 9.17) is 5.11 Å². The summed E-state index contributed by atoms with van der Waals surface area (Å²) >= 11 is 0. The molecule has 1 unspecified atom stereocenters. The molecule has 11 heteroatoms. The molecule has 0 aromatic heterocycles. The van der Waals surface area contributed by atoms with Crippen molar-refractivity contribution in [2.75, 3.05) is 0 Å². The number of hydrogen-bond acceptors (Lipinski definition) is 6. The van der Waals surface area contributed by atoms with Crippen LogP contribution in [-0.2, 0) is 29.8 Å². The molecule has 2 aromatic carbocycles. The van der Waals surface area contributed by atoms with Gasteiger partial charge in [0.2, 0.25) is 0 Å². The number of hydrogen-bond donors (Lipinski definition) is 3. The minimum Gasteiger partial charge on any atom is -0.481 e. The molecule has 6 aliphatic carbocycles. The number of aliphatic carboxylic acids is 1. The van der Waals surface area contributed by atoms with Crippen LogP contribution in [0.2, 0.25) is 0 Å². The van der Waals surface area contributed by atoms with Crippen LogP contribution in [0.5, 0.6) is 0 Å². The number of allylic oxidation sites excluding steroid dienone is 6. The van der Waals surface area contributed by atoms with Crippen LogP contribution in [0.15, 0.2) is 81.1 Å². The van der Waals surface area contributed by atoms with Gasteiger partial charge in [-0.05, 0) is 27.8 Å². The molecule has 0 radical (unpaired) electrons. The Labute approximate surface area is 199 Å². The van der Waals surface area contributed by atoms with Crippen molar-refractivity contribution < 1.29 is 40.6 Å². The smallest absolute Gasteiger partial charge is 0.310 e. The standard InChI is InChI=1S/C24H16O9S2/c25-20(11-21(26)27)22-16-7-10-19(22)24(35(31,32)33)18(16)9-8-17-14-5-6-15(23(17)34(28,29)30)13-3-1-12(14)2-4-13/h1-10,22H,11H2,(H,26,27)(H,28,29,30)(H,31,32,33)/b9-8+,14-12?,15-13?. The fourth-order valence-corrected chi connectivity index (χ4v) is 6.72. The average molecular weight is 513 g/mol. The molecule has 0 heterocycles. The first-order chi connectivity index (χ1) is 16.4. The minimum absolute atomic E-state index is 0.0478. The first-order valence-electron chi connectivity index (χ1n) is 10.2. The lowest BCUT2D eigenvalue weighted by Crippen LogP contribution is -2.17. The lowest BCUT2D eigenvalue weighted by molar-refractivity contribution is -0.140. The number of rotatable bonds is 7. The van der Waals surface area contributed by atoms with Gasteiger partial charge < -0.3 is 5.11 Å². The second-order valence-electron chi connectivity index (χ2n) is 8.22. The Morgan fingerprint density at radius 2 is 1.37 bits per heavy atom. The van der Waals surface area contributed by atoms with Crippen molar-refractivity contribution in [2.45, 2.75) is 11.3 Å². The predicted octanol–water partition coefficient (Wildman–Crippen LogP) is 3.28. The van der Waals surface area contributed by atoms with E-state index in [1.165, 1.54) is 24.3 Å². The van der Waals surface area contributed by atoms with Crippen LogP contribution in [-0.4, -0.2) is 42.8 Å². The van der Waals surface area contributed by atoms with E-state index in [-0.39, 0.29) is 32.7 Å². The van der Waals surface area contributed by atoms with E-state index in [0.717, 1.165) is 0 Å². The van der Waals surface area contributed by atoms with Crippen LogP contribution < -0.4 is 0 Å². The van der Waals surface area contributed by atoms with E-state index >= 15 is 0 Å². The van der Waals surface area contributed by atoms with Crippen molar-refractivity contribution in [1.82, 2.24) is 0 Å². The third-order valence-electron chi connectivity index (χ3n) is 6.17. The van der Waals surface area contributed by atoms with Crippen molar-refractivity contribution in [1.29, 1.82) is 0 Å². The summed E-state index contributed by atoms with van der Waals surface area (Å²) < 4.78 is 69.1. The van der Waals surface area contributed by atoms with Gasteiger partial charge in [0.25, 0.3) is 20.2 Å². The van der Waals surface area contributed by atoms with E-state index in [9.17, 15) is 35.5 Å². The number of carboxylic acid groups (broad SMARTS) is 1. The van der Waals surface area contributed by atoms with Crippen molar-refractivity contribution in [3.05, 3.63) is 81.8 Å². The van der Waals surface area contributed by atoms with Crippen LogP contribution in [0.4, 0.5) is 0 Å². The van der Waals surface area contributed by atoms with Gasteiger partial charge in [-0.25, -0.2) is 0 Å². The fraction of sp³-hybridized carbons (Fsp3) is 0.0833. The molecule has 2 aromatic rings. The summed E-state index contributed by atoms with van der Waals surface area (Å²) in [5.74, 6) is -3.32. The zero-order valence-electron chi connectivity index (χ0n) is 17.7. The molecular formula is C24H16O9S2. The van der Waals surface area contributed by atoms with Gasteiger partial charge in [0.15, 0.2) is 5.78 Å². The molecule has 0 fully saturated rings. The Bertz CT molecular complexity index is 1690. The lowest BCUT2D eigenvalue weighted by Gasteiger charge is -2.19. The molecule has 0 saturated carbocycles. The largest absolute Gasteiger partial charge is 0.481 e. The highest BCUT2D eigenvalue weighted by atomic mass is 32.2. The van der Waals surface area contributed by atoms with Gasteiger partial charge >= 0.3 is 5.97 Å². The number of fused-ring (bicyclic) bond motifs is 2. The van der Waals surface area contributed by atoms with Gasteiger partial charge in [0, 0.05) is 16.7 Å². The third-order valence-corrected chi connectivity index (χ3v) is 8.09. The Kier molecular flexibility index (Phi) is 5.08. The van der Waals surface area contributed by atoms with Gasteiger partial charge in [0.1, 0.15) is 16.2 Å². The quantitative estimate of drug-likeness (QED) is 0.318. The van der Waals surface area contributed by atoms with Crippen LogP contribution in [0.3, 0.4) is 0 Å². The van der Waals surface area contributed by atoms with E-state index < -0.39 is 49.2 Å². The zero-order valence-corrected chi connectivity index (χ0v) is 19.3. The van der Waals surface area contributed by atoms with Crippen molar-refractivity contribution in [3.63, 3.8) is 0 Å². The second kappa shape index (κ2) is 7.68. The summed E-state index contributed by atoms with van der Waals surface area (Å²) in [6, 6.07) is 10.2. The molecule has 9 nitrogen and oxygen atoms in total. The van der Waals surface area contributed by atoms with E-state index in [0.29, 0.717) is 16.7 Å². The molecule has 6 aliphatic rings. The second-order valence-corrected chi connectivity index (χ2v) is 10.9. The van der Waals surface area contributed by atoms with Crippen LogP contribution in [0.1, 0.15) is 12.0 Å². The van der Waals surface area contributed by atoms with Gasteiger partial charge in [-0.3, -0.25) is 18.7 Å². The SMILES string of the molecule is O=C(O)CC(=O)C1C2=C(/C=C/c3c4ccc(c3S(=O)(=O)O)-c3ccc-4cc3)C(S(=O)(=O)O)=C1C=C2. The molecule has 1 atom stereocenters. The molecule has 0 aliphatic heterocycles. The molecule has 178 valence electrons. The number of benzene rings is 2. The highest BCUT2D eigenvalue weighted by Gasteiger charge is 2.43. The van der Waals surface area contributed by atoms with Gasteiger partial charge in [-0.15, -0.1) is 0 Å². The minimum atomic E-state index is -4.83. The molecule has 35 heavy (non-hydrogen) atoms. The Morgan fingerprint density at radius 3 is 1.94 bits per heavy atom. The van der Waals surface area contributed by atoms with E-state index in [1.54, 1.807) is 36.4 Å². The normalized spacial score (nSPS) is 18.2. The zero-order chi connectivity index (χ0) is 25.3. The predicted molar refractivity (Wildman–Crippen MR) is 125 cm³/mol. The maximum atomic E-state index is 12.5. The number of carboxylic acids is 1. The summed E-state index contributed by atoms with van der Waals surface area (Å²) in [5.41, 5.74) is 2.06. The molecule has 3 N–H and O–H groups in total. The number of carbonyl (C=O) groups is 2. The number of Topliss-reactive ketones (excluding diaryl/α,β-unsaturated/α-hetero) is 1. The van der Waals surface area contributed by atoms with Gasteiger partial charge in [-0.1, -0.05) is 60.7 Å². The van der Waals surface area contributed by atoms with E-state index in [1.807, 2.05) is 0 Å². The highest BCUT2D eigenvalue weighted by Crippen LogP contribution is 2.48. The lowest BCUT2D eigenvalue weighted by atomic mass is 9.89. The summed E-state index contributed by atoms with van der Waals surface area (Å²) in [4.78, 5) is 22.7. The molecular weight excluding hydrogens is 496 g/mol. The molecule has 0 saturated heterocycles. The number of ketones is 1. The maximum Gasteiger partial charge on any atom is 0.310 e. The fourth-order valence-electron chi connectivity index (χ4n) is 4.85. The van der Waals surface area contributed by atoms with Gasteiger partial charge in [0.05, 0.1) is 5.92 Å². The van der Waals surface area contributed by atoms with Gasteiger partial charge in [-0.2, -0.15) is 16.8 Å². The van der Waals surface area contributed by atoms with Crippen molar-refractivity contribution in [2.24, 2.45) is 5.92 Å². The Hall–Kier alpha value is -3.64. The Morgan fingerprint density at radius 1 is 0.800 bits per heavy atom. The summed E-state index contributed by atoms with van der Waals surface area (Å²) in [5, 5.41) is 9.00. The monoisotopic (exact) mass is 512 g/mol. The van der Waals surface area contributed by atoms with Crippen LogP contribution in [0, 0.1) is 5.92 Å². The topological polar surface area (TPSA) is 163 Å². The van der Waals surface area contributed by atoms with Crippen LogP contribution in [0.25, 0.3) is 28.3 Å². The molecule has 0 spiro atoms. The molecule has 0 amide bonds. The Balaban J connectivity index is 1.72. The third kappa shape index (κ3) is 3.69. The summed E-state index contributed by atoms with van der Waals surface area (Å²) in [6.45, 7) is 0. The highest BCUT2D eigenvalue weighted by molar-refractivity contribution is 7.90. The van der Waals surface area contributed by atoms with Crippen LogP contribution >= 0.6 is 0 Å². The summed E-state index contributed by atoms with van der Waals surface area (Å²) in [7, 11) is -9.54. The average Bonchev–Trinajstić information content (AvgIpc) is 3.29.